The predicted octanol–water partition coefficient (Wildman–Crippen LogP) is 0.793. The number of rotatable bonds is 14. The van der Waals surface area contributed by atoms with Gasteiger partial charge in [0.25, 0.3) is 0 Å². The predicted molar refractivity (Wildman–Crippen MR) is 265 cm³/mol. The van der Waals surface area contributed by atoms with E-state index in [4.69, 9.17) is 52.1 Å². The second-order valence-corrected chi connectivity index (χ2v) is 25.1. The molecule has 5 aliphatic heterocycles. The van der Waals surface area contributed by atoms with Crippen molar-refractivity contribution in [2.75, 3.05) is 26.9 Å². The van der Waals surface area contributed by atoms with E-state index in [1.165, 1.54) is 32.1 Å². The van der Waals surface area contributed by atoms with Crippen molar-refractivity contribution >= 4 is 11.9 Å². The summed E-state index contributed by atoms with van der Waals surface area (Å²) >= 11 is 0. The highest BCUT2D eigenvalue weighted by Gasteiger charge is 2.79. The van der Waals surface area contributed by atoms with E-state index in [0.717, 1.165) is 19.3 Å². The minimum atomic E-state index is -1.84. The van der Waals surface area contributed by atoms with Gasteiger partial charge in [-0.25, -0.2) is 0 Å². The number of ether oxygens (including phenoxy) is 11. The summed E-state index contributed by atoms with van der Waals surface area (Å²) < 4.78 is 66.0. The second kappa shape index (κ2) is 22.1. The van der Waals surface area contributed by atoms with Crippen molar-refractivity contribution < 1.29 is 108 Å². The molecule has 1 spiro atoms. The average molecular weight is 1100 g/mol. The van der Waals surface area contributed by atoms with E-state index >= 15 is 0 Å². The van der Waals surface area contributed by atoms with Gasteiger partial charge in [-0.3, -0.25) is 9.59 Å². The first kappa shape index (κ1) is 59.3. The number of esters is 2. The highest BCUT2D eigenvalue weighted by Crippen LogP contribution is 2.76. The highest BCUT2D eigenvalue weighted by molar-refractivity contribution is 5.84. The Labute approximate surface area is 450 Å². The van der Waals surface area contributed by atoms with E-state index in [1.807, 2.05) is 20.8 Å². The van der Waals surface area contributed by atoms with Crippen LogP contribution >= 0.6 is 0 Å². The van der Waals surface area contributed by atoms with Gasteiger partial charge in [-0.1, -0.05) is 51.0 Å². The lowest BCUT2D eigenvalue weighted by Crippen LogP contribution is -2.65. The molecule has 5 heterocycles. The van der Waals surface area contributed by atoms with Crippen molar-refractivity contribution in [1.82, 2.24) is 0 Å². The zero-order chi connectivity index (χ0) is 56.1. The number of aliphatic hydroxyl groups is 9. The van der Waals surface area contributed by atoms with E-state index < -0.39 is 158 Å². The van der Waals surface area contributed by atoms with Crippen LogP contribution in [0.25, 0.3) is 0 Å². The molecule has 27 atom stereocenters. The molecule has 77 heavy (non-hydrogen) atoms. The number of carbonyl (C=O) groups excluding carboxylic acids is 2. The van der Waals surface area contributed by atoms with Gasteiger partial charge in [0, 0.05) is 19.4 Å². The fraction of sp³-hybridized carbons (Fsp3) is 0.891. The van der Waals surface area contributed by atoms with Crippen LogP contribution in [0.1, 0.15) is 114 Å². The van der Waals surface area contributed by atoms with Gasteiger partial charge in [0.1, 0.15) is 91.1 Å². The standard InChI is InChI=1S/C55H86O22/c1-24(2)12-11-17-54(9)45-31(71-26(4)57)20-53(8)28-13-14-33-51(5,6)34(16-18-52(33,7)27(28)15-19-55(45,53)50(66)77-54)73-49-44(35(60)29(58)22-69-49)76-47-38(63)37(62)41(25(3)70-47)74-46-39(64)42(30(59)23-68-46)75-48-40(65)43(67-10)36(61)32(21-56)72-48/h12-13,25,27,29-49,56,58-65H,11,14-23H2,1-10H3/t25-,27-,29-,30-,31+,32-,33+,34+,35+,36-,37-,38-,39-,40-,41-,42+,43+,44-,45-,46+,47+,48+,49+,52-,53+,54+,55-/m1/s1. The molecule has 8 fully saturated rings. The normalized spacial score (nSPS) is 51.3. The van der Waals surface area contributed by atoms with Crippen LogP contribution in [-0.2, 0) is 61.7 Å². The maximum absolute atomic E-state index is 14.6. The maximum Gasteiger partial charge on any atom is 0.314 e. The first-order valence-electron chi connectivity index (χ1n) is 27.7. The minimum Gasteiger partial charge on any atom is -0.462 e. The second-order valence-electron chi connectivity index (χ2n) is 25.1. The average Bonchev–Trinajstić information content (AvgIpc) is 3.95. The fourth-order valence-corrected chi connectivity index (χ4v) is 16.1. The molecule has 9 rings (SSSR count). The van der Waals surface area contributed by atoms with E-state index in [1.54, 1.807) is 0 Å². The number of hydrogen-bond acceptors (Lipinski definition) is 22. The molecular weight excluding hydrogens is 1010 g/mol. The quantitative estimate of drug-likeness (QED) is 0.0858. The van der Waals surface area contributed by atoms with Gasteiger partial charge < -0.3 is 98.1 Å². The summed E-state index contributed by atoms with van der Waals surface area (Å²) in [5.41, 5.74) is -0.596. The van der Waals surface area contributed by atoms with Gasteiger partial charge in [-0.2, -0.15) is 0 Å². The summed E-state index contributed by atoms with van der Waals surface area (Å²) in [6.45, 7) is 16.5. The Morgan fingerprint density at radius 3 is 2.06 bits per heavy atom. The Bertz CT molecular complexity index is 2190. The van der Waals surface area contributed by atoms with E-state index in [2.05, 4.69) is 39.8 Å². The molecule has 0 aromatic rings. The number of fused-ring (bicyclic) bond motifs is 4. The van der Waals surface area contributed by atoms with Crippen LogP contribution in [-0.4, -0.2) is 213 Å². The molecule has 0 unspecified atom stereocenters. The lowest BCUT2D eigenvalue weighted by molar-refractivity contribution is -0.382. The lowest BCUT2D eigenvalue weighted by atomic mass is 9.41. The number of cyclic esters (lactones) is 1. The Morgan fingerprint density at radius 2 is 1.39 bits per heavy atom. The van der Waals surface area contributed by atoms with Gasteiger partial charge >= 0.3 is 11.9 Å². The fourth-order valence-electron chi connectivity index (χ4n) is 16.1. The molecule has 0 bridgehead atoms. The van der Waals surface area contributed by atoms with Crippen LogP contribution in [0.2, 0.25) is 0 Å². The molecule has 0 amide bonds. The molecule has 9 aliphatic rings. The topological polar surface area (TPSA) is 318 Å². The van der Waals surface area contributed by atoms with E-state index in [0.29, 0.717) is 32.1 Å². The molecule has 438 valence electrons. The Morgan fingerprint density at radius 1 is 0.740 bits per heavy atom. The smallest absolute Gasteiger partial charge is 0.314 e. The van der Waals surface area contributed by atoms with Crippen molar-refractivity contribution in [1.29, 1.82) is 0 Å². The van der Waals surface area contributed by atoms with Crippen molar-refractivity contribution in [2.24, 2.45) is 39.4 Å². The zero-order valence-corrected chi connectivity index (χ0v) is 46.0. The van der Waals surface area contributed by atoms with Crippen LogP contribution in [0.5, 0.6) is 0 Å². The highest BCUT2D eigenvalue weighted by atomic mass is 16.8. The molecule has 0 radical (unpaired) electrons. The third kappa shape index (κ3) is 9.99. The summed E-state index contributed by atoms with van der Waals surface area (Å²) in [4.78, 5) is 27.4. The van der Waals surface area contributed by atoms with Crippen molar-refractivity contribution in [3.8, 4) is 0 Å². The summed E-state index contributed by atoms with van der Waals surface area (Å²) in [5.74, 6) is -0.682. The molecule has 22 heteroatoms. The Balaban J connectivity index is 0.876. The largest absolute Gasteiger partial charge is 0.462 e. The molecule has 3 saturated carbocycles. The van der Waals surface area contributed by atoms with E-state index in [-0.39, 0.29) is 41.7 Å². The molecule has 0 aromatic heterocycles. The minimum absolute atomic E-state index is 0.0843. The van der Waals surface area contributed by atoms with Gasteiger partial charge in [-0.15, -0.1) is 0 Å². The number of hydrogen-bond donors (Lipinski definition) is 9. The number of allylic oxidation sites excluding steroid dienone is 4. The van der Waals surface area contributed by atoms with Crippen LogP contribution in [0.15, 0.2) is 23.3 Å². The number of carbonyl (C=O) groups is 2. The summed E-state index contributed by atoms with van der Waals surface area (Å²) in [6, 6.07) is 0. The monoisotopic (exact) mass is 1100 g/mol. The van der Waals surface area contributed by atoms with Gasteiger partial charge in [0.05, 0.1) is 43.4 Å². The van der Waals surface area contributed by atoms with Crippen LogP contribution in [0.4, 0.5) is 0 Å². The first-order chi connectivity index (χ1) is 36.2. The lowest BCUT2D eigenvalue weighted by Gasteiger charge is -2.63. The van der Waals surface area contributed by atoms with Gasteiger partial charge in [-0.05, 0) is 102 Å². The van der Waals surface area contributed by atoms with Gasteiger partial charge in [0.2, 0.25) is 0 Å². The summed E-state index contributed by atoms with van der Waals surface area (Å²) in [6.07, 6.45) is -18.0. The molecule has 9 N–H and O–H groups in total. The number of aliphatic hydroxyl groups excluding tert-OH is 9. The maximum atomic E-state index is 14.6. The molecule has 22 nitrogen and oxygen atoms in total. The van der Waals surface area contributed by atoms with Crippen molar-refractivity contribution in [3.63, 3.8) is 0 Å². The first-order valence-corrected chi connectivity index (χ1v) is 27.7. The zero-order valence-electron chi connectivity index (χ0n) is 46.0. The van der Waals surface area contributed by atoms with Crippen LogP contribution in [0, 0.1) is 39.4 Å². The third-order valence-corrected chi connectivity index (χ3v) is 19.9. The third-order valence-electron chi connectivity index (χ3n) is 19.9. The SMILES string of the molecule is CO[C@@H]1[C@@H](O)[C@H](O[C@@H]2[C@@H](O)[C@H](O[C@H]3[C@H](O)[C@@H](O)[C@H](O[C@H]4[C@H](O[C@H]5CC[C@]6(C)[C@@H]7CC[C@]89C(=O)O[C@@](C)(CCC=C(C)C)[C@H]8[C@@H](OC(C)=O)C[C@@]9(C)C7=CC[C@H]6C5(C)C)OC[C@@H](O)[C@@H]4O)O[C@@H]3C)OC[C@H]2O)O[C@H](CO)[C@H]1O. The Kier molecular flexibility index (Phi) is 17.0. The molecular formula is C55H86O22. The summed E-state index contributed by atoms with van der Waals surface area (Å²) in [5, 5.41) is 98.7. The van der Waals surface area contributed by atoms with Crippen molar-refractivity contribution in [2.45, 2.75) is 242 Å². The van der Waals surface area contributed by atoms with Crippen molar-refractivity contribution in [3.05, 3.63) is 23.3 Å². The van der Waals surface area contributed by atoms with Crippen LogP contribution < -0.4 is 0 Å². The van der Waals surface area contributed by atoms with Crippen LogP contribution in [0.3, 0.4) is 0 Å². The molecule has 5 saturated heterocycles. The molecule has 4 aliphatic carbocycles. The molecule has 0 aromatic carbocycles. The Hall–Kier alpha value is -2.30. The summed E-state index contributed by atoms with van der Waals surface area (Å²) in [7, 11) is 1.23. The van der Waals surface area contributed by atoms with E-state index in [9.17, 15) is 55.5 Å². The van der Waals surface area contributed by atoms with Gasteiger partial charge in [0.15, 0.2) is 25.2 Å². The number of methoxy groups -OCH3 is 1.